The average Bonchev–Trinajstić information content (AvgIpc) is 2.34. The molecule has 1 aliphatic heterocycles. The minimum Gasteiger partial charge on any atom is -0.480 e. The Morgan fingerprint density at radius 1 is 1.47 bits per heavy atom. The van der Waals surface area contributed by atoms with Crippen LogP contribution in [0.4, 0.5) is 0 Å². The van der Waals surface area contributed by atoms with E-state index in [0.29, 0.717) is 5.02 Å². The van der Waals surface area contributed by atoms with E-state index in [4.69, 9.17) is 28.3 Å². The maximum absolute atomic E-state index is 11.7. The Balaban J connectivity index is 2.19. The van der Waals surface area contributed by atoms with Gasteiger partial charge in [-0.15, -0.1) is 11.6 Å². The zero-order valence-electron chi connectivity index (χ0n) is 9.85. The monoisotopic (exact) mass is 299 g/mol. The Bertz CT molecular complexity index is 559. The van der Waals surface area contributed by atoms with E-state index in [1.54, 1.807) is 18.2 Å². The molecule has 0 aromatic heterocycles. The highest BCUT2D eigenvalue weighted by Crippen LogP contribution is 2.25. The predicted molar refractivity (Wildman–Crippen MR) is 72.2 cm³/mol. The maximum atomic E-state index is 11.7. The Morgan fingerprint density at radius 2 is 2.21 bits per heavy atom. The highest BCUT2D eigenvalue weighted by Gasteiger charge is 2.39. The van der Waals surface area contributed by atoms with Crippen molar-refractivity contribution in [1.82, 2.24) is 4.90 Å². The molecule has 1 heterocycles. The minimum atomic E-state index is -1.56. The van der Waals surface area contributed by atoms with Crippen molar-refractivity contribution in [3.63, 3.8) is 0 Å². The number of carboxylic acid groups (broad SMARTS) is 1. The van der Waals surface area contributed by atoms with Crippen LogP contribution in [0.15, 0.2) is 36.4 Å². The number of alkyl halides is 1. The van der Waals surface area contributed by atoms with Crippen molar-refractivity contribution in [3.8, 4) is 0 Å². The van der Waals surface area contributed by atoms with Gasteiger partial charge in [0.25, 0.3) is 0 Å². The van der Waals surface area contributed by atoms with E-state index in [1.165, 1.54) is 17.1 Å². The van der Waals surface area contributed by atoms with Crippen LogP contribution in [0, 0.1) is 0 Å². The molecule has 1 amide bonds. The number of aliphatic carboxylic acids is 1. The van der Waals surface area contributed by atoms with Crippen LogP contribution in [0.5, 0.6) is 0 Å². The van der Waals surface area contributed by atoms with Crippen LogP contribution in [-0.4, -0.2) is 33.3 Å². The number of benzene rings is 1. The lowest BCUT2D eigenvalue weighted by Crippen LogP contribution is -2.48. The smallest absolute Gasteiger partial charge is 0.330 e. The molecule has 1 aliphatic rings. The molecule has 4 nitrogen and oxygen atoms in total. The molecule has 0 spiro atoms. The second kappa shape index (κ2) is 5.23. The molecular formula is C13H11Cl2NO3. The standard InChI is InChI=1S/C13H11Cl2NO3/c14-10-3-1-2-9(6-10)7-16-8-13(15,12(18)19)5-4-11(16)17/h1-6H,7-8H2,(H,18,19). The zero-order chi connectivity index (χ0) is 14.0. The third-order valence-electron chi connectivity index (χ3n) is 2.84. The van der Waals surface area contributed by atoms with Crippen molar-refractivity contribution >= 4 is 35.1 Å². The molecule has 6 heteroatoms. The van der Waals surface area contributed by atoms with Crippen LogP contribution in [0.1, 0.15) is 5.56 Å². The fraction of sp³-hybridized carbons (Fsp3) is 0.231. The first-order valence-corrected chi connectivity index (χ1v) is 6.31. The van der Waals surface area contributed by atoms with E-state index in [9.17, 15) is 9.59 Å². The van der Waals surface area contributed by atoms with Crippen LogP contribution in [-0.2, 0) is 16.1 Å². The van der Waals surface area contributed by atoms with Gasteiger partial charge < -0.3 is 10.0 Å². The third-order valence-corrected chi connectivity index (χ3v) is 3.48. The number of halogens is 2. The molecule has 1 unspecified atom stereocenters. The van der Waals surface area contributed by atoms with Crippen LogP contribution in [0.2, 0.25) is 5.02 Å². The van der Waals surface area contributed by atoms with Gasteiger partial charge in [-0.1, -0.05) is 23.7 Å². The van der Waals surface area contributed by atoms with Crippen molar-refractivity contribution in [2.45, 2.75) is 11.4 Å². The SMILES string of the molecule is O=C1C=CC(Cl)(C(=O)O)CN1Cc1cccc(Cl)c1. The van der Waals surface area contributed by atoms with E-state index in [-0.39, 0.29) is 19.0 Å². The number of amides is 1. The van der Waals surface area contributed by atoms with Crippen LogP contribution < -0.4 is 0 Å². The number of hydrogen-bond donors (Lipinski definition) is 1. The Morgan fingerprint density at radius 3 is 2.84 bits per heavy atom. The highest BCUT2D eigenvalue weighted by molar-refractivity contribution is 6.36. The van der Waals surface area contributed by atoms with Gasteiger partial charge in [0.1, 0.15) is 0 Å². The predicted octanol–water partition coefficient (Wildman–Crippen LogP) is 2.30. The summed E-state index contributed by atoms with van der Waals surface area (Å²) in [6, 6.07) is 7.04. The van der Waals surface area contributed by atoms with Gasteiger partial charge in [0.15, 0.2) is 4.87 Å². The minimum absolute atomic E-state index is 0.0776. The van der Waals surface area contributed by atoms with Crippen LogP contribution in [0.25, 0.3) is 0 Å². The number of nitrogens with zero attached hydrogens (tertiary/aromatic N) is 1. The molecule has 1 atom stereocenters. The first-order chi connectivity index (χ1) is 8.90. The maximum Gasteiger partial charge on any atom is 0.330 e. The van der Waals surface area contributed by atoms with Gasteiger partial charge in [-0.3, -0.25) is 4.79 Å². The van der Waals surface area contributed by atoms with Gasteiger partial charge in [-0.2, -0.15) is 0 Å². The summed E-state index contributed by atoms with van der Waals surface area (Å²) in [5.41, 5.74) is 0.820. The normalized spacial score (nSPS) is 22.6. The summed E-state index contributed by atoms with van der Waals surface area (Å²) in [7, 11) is 0. The van der Waals surface area contributed by atoms with E-state index < -0.39 is 10.8 Å². The molecule has 0 aliphatic carbocycles. The van der Waals surface area contributed by atoms with E-state index in [2.05, 4.69) is 0 Å². The number of carboxylic acids is 1. The fourth-order valence-electron chi connectivity index (χ4n) is 1.85. The number of rotatable bonds is 3. The quantitative estimate of drug-likeness (QED) is 0.871. The molecular weight excluding hydrogens is 289 g/mol. The molecule has 0 bridgehead atoms. The summed E-state index contributed by atoms with van der Waals surface area (Å²) in [4.78, 5) is 22.7. The van der Waals surface area contributed by atoms with Crippen molar-refractivity contribution in [3.05, 3.63) is 47.0 Å². The molecule has 100 valence electrons. The molecule has 0 fully saturated rings. The molecule has 1 aromatic carbocycles. The van der Waals surface area contributed by atoms with Crippen molar-refractivity contribution in [1.29, 1.82) is 0 Å². The summed E-state index contributed by atoms with van der Waals surface area (Å²) < 4.78 is 0. The van der Waals surface area contributed by atoms with Crippen molar-refractivity contribution in [2.24, 2.45) is 0 Å². The molecule has 1 N–H and O–H groups in total. The van der Waals surface area contributed by atoms with E-state index >= 15 is 0 Å². The molecule has 0 saturated heterocycles. The number of hydrogen-bond acceptors (Lipinski definition) is 2. The Kier molecular flexibility index (Phi) is 3.83. The van der Waals surface area contributed by atoms with E-state index in [0.717, 1.165) is 5.56 Å². The summed E-state index contributed by atoms with van der Waals surface area (Å²) in [6.07, 6.45) is 2.41. The molecule has 0 radical (unpaired) electrons. The number of carbonyl (C=O) groups is 2. The lowest BCUT2D eigenvalue weighted by Gasteiger charge is -2.31. The summed E-state index contributed by atoms with van der Waals surface area (Å²) >= 11 is 11.8. The van der Waals surface area contributed by atoms with Gasteiger partial charge >= 0.3 is 5.97 Å². The molecule has 1 aromatic rings. The van der Waals surface area contributed by atoms with Gasteiger partial charge in [-0.25, -0.2) is 4.79 Å². The number of carbonyl (C=O) groups excluding carboxylic acids is 1. The Labute approximate surface area is 120 Å². The molecule has 19 heavy (non-hydrogen) atoms. The van der Waals surface area contributed by atoms with Gasteiger partial charge in [0.05, 0.1) is 6.54 Å². The highest BCUT2D eigenvalue weighted by atomic mass is 35.5. The first-order valence-electron chi connectivity index (χ1n) is 5.56. The summed E-state index contributed by atoms with van der Waals surface area (Å²) in [6.45, 7) is 0.192. The van der Waals surface area contributed by atoms with Crippen molar-refractivity contribution in [2.75, 3.05) is 6.54 Å². The van der Waals surface area contributed by atoms with Gasteiger partial charge in [0.2, 0.25) is 5.91 Å². The second-order valence-electron chi connectivity index (χ2n) is 4.33. The average molecular weight is 300 g/mol. The Hall–Kier alpha value is -1.52. The summed E-state index contributed by atoms with van der Waals surface area (Å²) in [5.74, 6) is -1.44. The fourth-order valence-corrected chi connectivity index (χ4v) is 2.27. The lowest BCUT2D eigenvalue weighted by atomic mass is 10.0. The van der Waals surface area contributed by atoms with Gasteiger partial charge in [-0.05, 0) is 23.8 Å². The van der Waals surface area contributed by atoms with E-state index in [1.807, 2.05) is 6.07 Å². The molecule has 2 rings (SSSR count). The first kappa shape index (κ1) is 13.9. The van der Waals surface area contributed by atoms with Crippen LogP contribution in [0.3, 0.4) is 0 Å². The molecule has 0 saturated carbocycles. The summed E-state index contributed by atoms with van der Waals surface area (Å²) in [5, 5.41) is 9.63. The lowest BCUT2D eigenvalue weighted by molar-refractivity contribution is -0.140. The topological polar surface area (TPSA) is 57.6 Å². The van der Waals surface area contributed by atoms with Crippen molar-refractivity contribution < 1.29 is 14.7 Å². The second-order valence-corrected chi connectivity index (χ2v) is 5.44. The zero-order valence-corrected chi connectivity index (χ0v) is 11.4. The van der Waals surface area contributed by atoms with Gasteiger partial charge in [0, 0.05) is 17.6 Å². The third kappa shape index (κ3) is 3.08. The van der Waals surface area contributed by atoms with Crippen LogP contribution >= 0.6 is 23.2 Å². The largest absolute Gasteiger partial charge is 0.480 e.